The molecule has 4 rings (SSSR count). The molecule has 6 nitrogen and oxygen atoms in total. The van der Waals surface area contributed by atoms with Crippen molar-refractivity contribution in [1.82, 2.24) is 9.97 Å². The van der Waals surface area contributed by atoms with Gasteiger partial charge in [0.05, 0.1) is 35.8 Å². The lowest BCUT2D eigenvalue weighted by Gasteiger charge is -2.32. The number of benzene rings is 1. The van der Waals surface area contributed by atoms with E-state index < -0.39 is 23.6 Å². The summed E-state index contributed by atoms with van der Waals surface area (Å²) < 4.78 is 33.9. The molecule has 1 aliphatic heterocycles. The van der Waals surface area contributed by atoms with Crippen LogP contribution in [0.5, 0.6) is 0 Å². The minimum absolute atomic E-state index is 0.0328. The molecule has 0 radical (unpaired) electrons. The second-order valence-corrected chi connectivity index (χ2v) is 7.97. The zero-order valence-electron chi connectivity index (χ0n) is 16.0. The molecule has 0 saturated carbocycles. The Morgan fingerprint density at radius 1 is 1.27 bits per heavy atom. The maximum atomic E-state index is 14.0. The van der Waals surface area contributed by atoms with Crippen molar-refractivity contribution in [3.63, 3.8) is 0 Å². The number of ether oxygens (including phenoxy) is 1. The van der Waals surface area contributed by atoms with Gasteiger partial charge in [-0.05, 0) is 31.5 Å². The highest BCUT2D eigenvalue weighted by Gasteiger charge is 2.29. The van der Waals surface area contributed by atoms with Crippen LogP contribution in [-0.2, 0) is 4.74 Å². The number of amides is 1. The smallest absolute Gasteiger partial charge is 0.275 e. The van der Waals surface area contributed by atoms with Crippen LogP contribution in [0.4, 0.5) is 14.5 Å². The highest BCUT2D eigenvalue weighted by atomic mass is 32.1. The number of aromatic nitrogens is 2. The van der Waals surface area contributed by atoms with Crippen molar-refractivity contribution < 1.29 is 23.4 Å². The Bertz CT molecular complexity index is 1040. The molecule has 0 aliphatic carbocycles. The summed E-state index contributed by atoms with van der Waals surface area (Å²) in [6, 6.07) is 5.28. The van der Waals surface area contributed by atoms with E-state index in [2.05, 4.69) is 15.3 Å². The highest BCUT2D eigenvalue weighted by Crippen LogP contribution is 2.35. The number of thiazole rings is 1. The van der Waals surface area contributed by atoms with Crippen molar-refractivity contribution in [2.45, 2.75) is 38.1 Å². The van der Waals surface area contributed by atoms with Gasteiger partial charge in [0.1, 0.15) is 22.3 Å². The summed E-state index contributed by atoms with van der Waals surface area (Å²) >= 11 is 0.977. The molecule has 3 aromatic rings. The Morgan fingerprint density at radius 3 is 2.77 bits per heavy atom. The fourth-order valence-corrected chi connectivity index (χ4v) is 4.34. The summed E-state index contributed by atoms with van der Waals surface area (Å²) in [6.07, 6.45) is 3.04. The van der Waals surface area contributed by atoms with Crippen LogP contribution in [0, 0.1) is 11.6 Å². The van der Waals surface area contributed by atoms with Crippen molar-refractivity contribution in [2.24, 2.45) is 0 Å². The fraction of sp³-hybridized carbons (Fsp3) is 0.286. The number of aliphatic hydroxyl groups is 1. The molecule has 156 valence electrons. The second kappa shape index (κ2) is 8.55. The first-order valence-electron chi connectivity index (χ1n) is 9.41. The molecular weight excluding hydrogens is 412 g/mol. The molecule has 3 heterocycles. The van der Waals surface area contributed by atoms with E-state index >= 15 is 0 Å². The molecule has 1 aliphatic rings. The van der Waals surface area contributed by atoms with Gasteiger partial charge in [0.2, 0.25) is 0 Å². The van der Waals surface area contributed by atoms with Crippen molar-refractivity contribution in [1.29, 1.82) is 0 Å². The summed E-state index contributed by atoms with van der Waals surface area (Å²) in [5.41, 5.74) is 0.896. The lowest BCUT2D eigenvalue weighted by molar-refractivity contribution is -0.0892. The number of hydrogen-bond donors (Lipinski definition) is 2. The van der Waals surface area contributed by atoms with E-state index in [9.17, 15) is 18.7 Å². The van der Waals surface area contributed by atoms with Crippen LogP contribution in [-0.4, -0.2) is 33.2 Å². The molecule has 3 atom stereocenters. The van der Waals surface area contributed by atoms with Gasteiger partial charge in [-0.1, -0.05) is 6.07 Å². The first-order valence-corrected chi connectivity index (χ1v) is 10.3. The van der Waals surface area contributed by atoms with Crippen molar-refractivity contribution in [3.05, 3.63) is 64.9 Å². The molecule has 1 fully saturated rings. The molecule has 0 spiro atoms. The van der Waals surface area contributed by atoms with Gasteiger partial charge in [-0.25, -0.2) is 13.8 Å². The molecule has 2 aromatic heterocycles. The van der Waals surface area contributed by atoms with Crippen LogP contribution < -0.4 is 5.32 Å². The predicted molar refractivity (Wildman–Crippen MR) is 108 cm³/mol. The van der Waals surface area contributed by atoms with Gasteiger partial charge in [-0.3, -0.25) is 9.78 Å². The Hall–Kier alpha value is -2.75. The van der Waals surface area contributed by atoms with E-state index in [1.165, 1.54) is 17.6 Å². The quantitative estimate of drug-likeness (QED) is 0.642. The summed E-state index contributed by atoms with van der Waals surface area (Å²) in [7, 11) is 0. The molecule has 1 saturated heterocycles. The van der Waals surface area contributed by atoms with Gasteiger partial charge < -0.3 is 15.2 Å². The Labute approximate surface area is 175 Å². The summed E-state index contributed by atoms with van der Waals surface area (Å²) in [5, 5.41) is 14.3. The molecular formula is C21H19F2N3O3S. The van der Waals surface area contributed by atoms with Gasteiger partial charge in [-0.2, -0.15) is 0 Å². The largest absolute Gasteiger partial charge is 0.393 e. The summed E-state index contributed by atoms with van der Waals surface area (Å²) in [5.74, 6) is -2.02. The third kappa shape index (κ3) is 4.23. The number of pyridine rings is 1. The van der Waals surface area contributed by atoms with Gasteiger partial charge in [-0.15, -0.1) is 11.3 Å². The number of nitrogens with one attached hydrogen (secondary N) is 1. The van der Waals surface area contributed by atoms with E-state index in [1.807, 2.05) is 6.92 Å². The van der Waals surface area contributed by atoms with E-state index in [0.717, 1.165) is 23.5 Å². The lowest BCUT2D eigenvalue weighted by Crippen LogP contribution is -2.30. The van der Waals surface area contributed by atoms with Gasteiger partial charge in [0.25, 0.3) is 5.91 Å². The SMILES string of the molecule is C[C@H]1C[C@@H](O)C[C@@H](c2ccncc2NC(=O)c2csc(-c3c(F)cccc3F)n2)O1. The molecule has 0 unspecified atom stereocenters. The number of hydrogen-bond acceptors (Lipinski definition) is 6. The number of aliphatic hydroxyl groups excluding tert-OH is 1. The average Bonchev–Trinajstić information content (AvgIpc) is 3.17. The van der Waals surface area contributed by atoms with Crippen LogP contribution in [0.15, 0.2) is 42.0 Å². The van der Waals surface area contributed by atoms with Crippen LogP contribution in [0.1, 0.15) is 41.9 Å². The Morgan fingerprint density at radius 2 is 2.03 bits per heavy atom. The highest BCUT2D eigenvalue weighted by molar-refractivity contribution is 7.13. The predicted octanol–water partition coefficient (Wildman–Crippen LogP) is 4.34. The number of anilines is 1. The van der Waals surface area contributed by atoms with Crippen LogP contribution in [0.3, 0.4) is 0 Å². The number of halogens is 2. The Kier molecular flexibility index (Phi) is 5.85. The second-order valence-electron chi connectivity index (χ2n) is 7.11. The van der Waals surface area contributed by atoms with E-state index in [4.69, 9.17) is 4.74 Å². The minimum atomic E-state index is -0.743. The summed E-state index contributed by atoms with van der Waals surface area (Å²) in [4.78, 5) is 20.9. The zero-order valence-corrected chi connectivity index (χ0v) is 16.8. The zero-order chi connectivity index (χ0) is 21.3. The van der Waals surface area contributed by atoms with Crippen LogP contribution in [0.2, 0.25) is 0 Å². The first kappa shape index (κ1) is 20.5. The van der Waals surface area contributed by atoms with E-state index in [0.29, 0.717) is 24.1 Å². The van der Waals surface area contributed by atoms with Gasteiger partial charge in [0.15, 0.2) is 0 Å². The lowest BCUT2D eigenvalue weighted by atomic mass is 9.96. The summed E-state index contributed by atoms with van der Waals surface area (Å²) in [6.45, 7) is 1.88. The number of rotatable bonds is 4. The number of carbonyl (C=O) groups excluding carboxylic acids is 1. The number of nitrogens with zero attached hydrogens (tertiary/aromatic N) is 2. The van der Waals surface area contributed by atoms with Gasteiger partial charge >= 0.3 is 0 Å². The van der Waals surface area contributed by atoms with Gasteiger partial charge in [0, 0.05) is 23.6 Å². The molecule has 1 amide bonds. The maximum Gasteiger partial charge on any atom is 0.275 e. The van der Waals surface area contributed by atoms with Crippen molar-refractivity contribution >= 4 is 22.9 Å². The maximum absolute atomic E-state index is 14.0. The van der Waals surface area contributed by atoms with Crippen molar-refractivity contribution in [3.8, 4) is 10.6 Å². The number of carbonyl (C=O) groups is 1. The molecule has 1 aromatic carbocycles. The monoisotopic (exact) mass is 431 g/mol. The topological polar surface area (TPSA) is 84.3 Å². The first-order chi connectivity index (χ1) is 14.4. The van der Waals surface area contributed by atoms with Crippen molar-refractivity contribution in [2.75, 3.05) is 5.32 Å². The molecule has 2 N–H and O–H groups in total. The fourth-order valence-electron chi connectivity index (χ4n) is 3.49. The Balaban J connectivity index is 1.57. The van der Waals surface area contributed by atoms with E-state index in [1.54, 1.807) is 12.3 Å². The van der Waals surface area contributed by atoms with E-state index in [-0.39, 0.29) is 28.5 Å². The minimum Gasteiger partial charge on any atom is -0.393 e. The molecule has 0 bridgehead atoms. The van der Waals surface area contributed by atoms with Crippen LogP contribution in [0.25, 0.3) is 10.6 Å². The average molecular weight is 431 g/mol. The normalized spacial score (nSPS) is 21.4. The third-order valence-corrected chi connectivity index (χ3v) is 5.71. The standard InChI is InChI=1S/C21H19F2N3O3S/c1-11-7-12(27)8-18(29-11)13-5-6-24-9-16(13)25-20(28)17-10-30-21(26-17)19-14(22)3-2-4-15(19)23/h2-6,9-12,18,27H,7-8H2,1H3,(H,25,28)/t11-,12+,18-/m0/s1. The molecule has 30 heavy (non-hydrogen) atoms. The molecule has 9 heteroatoms. The third-order valence-electron chi connectivity index (χ3n) is 4.85. The van der Waals surface area contributed by atoms with Crippen LogP contribution >= 0.6 is 11.3 Å².